The van der Waals surface area contributed by atoms with Crippen molar-refractivity contribution in [1.82, 2.24) is 11.0 Å². The molecule has 2 N–H and O–H groups in total. The van der Waals surface area contributed by atoms with Gasteiger partial charge in [-0.3, -0.25) is 9.59 Å². The maximum atomic E-state index is 11.6. The van der Waals surface area contributed by atoms with Crippen molar-refractivity contribution in [2.45, 2.75) is 78.4 Å². The fraction of sp³-hybridized carbons (Fsp3) is 0.750. The van der Waals surface area contributed by atoms with Gasteiger partial charge >= 0.3 is 23.8 Å². The molecule has 0 aromatic carbocycles. The number of hydroxylamine groups is 2. The second-order valence-corrected chi connectivity index (χ2v) is 6.83. The molecule has 26 heavy (non-hydrogen) atoms. The lowest BCUT2D eigenvalue weighted by Crippen LogP contribution is -2.41. The van der Waals surface area contributed by atoms with Crippen molar-refractivity contribution < 1.29 is 38.6 Å². The fourth-order valence-electron chi connectivity index (χ4n) is 2.10. The Labute approximate surface area is 152 Å². The average Bonchev–Trinajstić information content (AvgIpc) is 2.49. The molecule has 0 radical (unpaired) electrons. The van der Waals surface area contributed by atoms with Crippen LogP contribution < -0.4 is 11.0 Å². The summed E-state index contributed by atoms with van der Waals surface area (Å²) in [7, 11) is 0. The van der Waals surface area contributed by atoms with Crippen LogP contribution in [0.1, 0.15) is 67.2 Å². The third-order valence-corrected chi connectivity index (χ3v) is 3.12. The van der Waals surface area contributed by atoms with Crippen LogP contribution in [0.2, 0.25) is 0 Å². The van der Waals surface area contributed by atoms with E-state index < -0.39 is 35.0 Å². The van der Waals surface area contributed by atoms with Gasteiger partial charge in [0.15, 0.2) is 0 Å². The summed E-state index contributed by atoms with van der Waals surface area (Å²) in [4.78, 5) is 54.3. The minimum Gasteiger partial charge on any atom is -0.452 e. The highest BCUT2D eigenvalue weighted by Crippen LogP contribution is 2.17. The van der Waals surface area contributed by atoms with Gasteiger partial charge in [-0.2, -0.15) is 11.0 Å². The molecule has 2 amide bonds. The Morgan fingerprint density at radius 3 is 1.27 bits per heavy atom. The lowest BCUT2D eigenvalue weighted by molar-refractivity contribution is -0.358. The van der Waals surface area contributed by atoms with Crippen molar-refractivity contribution in [3.8, 4) is 0 Å². The predicted octanol–water partition coefficient (Wildman–Crippen LogP) is 1.24. The Bertz CT molecular complexity index is 470. The zero-order valence-electron chi connectivity index (χ0n) is 16.1. The first kappa shape index (κ1) is 23.8. The normalized spacial score (nSPS) is 11.5. The van der Waals surface area contributed by atoms with Gasteiger partial charge in [-0.25, -0.2) is 9.59 Å². The number of esters is 2. The molecule has 0 rings (SSSR count). The standard InChI is InChI=1S/C16H28N2O8/c1-7-9-15(3,4)23-13(21)11(19)17-25-26-18-12(20)14(22)24-16(5,6)10-8-2/h7-10H2,1-6H3,(H,17,19)(H,18,20). The Kier molecular flexibility index (Phi) is 9.81. The van der Waals surface area contributed by atoms with Gasteiger partial charge in [0.2, 0.25) is 0 Å². The van der Waals surface area contributed by atoms with E-state index >= 15 is 0 Å². The lowest BCUT2D eigenvalue weighted by atomic mass is 10.0. The molecular weight excluding hydrogens is 348 g/mol. The third-order valence-electron chi connectivity index (χ3n) is 3.12. The zero-order valence-corrected chi connectivity index (χ0v) is 16.1. The molecule has 0 spiro atoms. The van der Waals surface area contributed by atoms with E-state index in [1.165, 1.54) is 0 Å². The molecule has 0 bridgehead atoms. The van der Waals surface area contributed by atoms with Crippen LogP contribution in [-0.2, 0) is 38.6 Å². The van der Waals surface area contributed by atoms with Crippen LogP contribution in [0.5, 0.6) is 0 Å². The van der Waals surface area contributed by atoms with E-state index in [9.17, 15) is 19.2 Å². The van der Waals surface area contributed by atoms with Gasteiger partial charge in [0.25, 0.3) is 0 Å². The first-order valence-corrected chi connectivity index (χ1v) is 8.33. The molecule has 0 unspecified atom stereocenters. The molecule has 0 aromatic heterocycles. The second-order valence-electron chi connectivity index (χ2n) is 6.83. The van der Waals surface area contributed by atoms with Crippen LogP contribution in [0.4, 0.5) is 0 Å². The van der Waals surface area contributed by atoms with E-state index in [1.807, 2.05) is 13.8 Å². The topological polar surface area (TPSA) is 129 Å². The summed E-state index contributed by atoms with van der Waals surface area (Å²) in [6.45, 7) is 10.4. The molecule has 0 atom stereocenters. The zero-order chi connectivity index (χ0) is 20.4. The summed E-state index contributed by atoms with van der Waals surface area (Å²) in [5.74, 6) is -4.84. The summed E-state index contributed by atoms with van der Waals surface area (Å²) in [5.41, 5.74) is 1.59. The summed E-state index contributed by atoms with van der Waals surface area (Å²) >= 11 is 0. The predicted molar refractivity (Wildman–Crippen MR) is 88.6 cm³/mol. The number of carbonyl (C=O) groups excluding carboxylic acids is 4. The number of carbonyl (C=O) groups is 4. The van der Waals surface area contributed by atoms with Crippen molar-refractivity contribution in [3.05, 3.63) is 0 Å². The number of rotatable bonds is 9. The van der Waals surface area contributed by atoms with Crippen LogP contribution in [0.15, 0.2) is 0 Å². The van der Waals surface area contributed by atoms with Crippen LogP contribution in [0, 0.1) is 0 Å². The van der Waals surface area contributed by atoms with Crippen LogP contribution >= 0.6 is 0 Å². The fourth-order valence-corrected chi connectivity index (χ4v) is 2.10. The number of hydrogen-bond acceptors (Lipinski definition) is 8. The summed E-state index contributed by atoms with van der Waals surface area (Å²) < 4.78 is 9.97. The number of amides is 2. The molecule has 10 nitrogen and oxygen atoms in total. The van der Waals surface area contributed by atoms with Crippen molar-refractivity contribution in [3.63, 3.8) is 0 Å². The van der Waals surface area contributed by atoms with Gasteiger partial charge in [-0.05, 0) is 40.5 Å². The SMILES string of the molecule is CCCC(C)(C)OC(=O)C(=O)NOONC(=O)C(=O)OC(C)(C)CCC. The third kappa shape index (κ3) is 9.94. The van der Waals surface area contributed by atoms with Crippen LogP contribution in [0.25, 0.3) is 0 Å². The highest BCUT2D eigenvalue weighted by molar-refractivity contribution is 6.32. The Hall–Kier alpha value is -2.20. The van der Waals surface area contributed by atoms with E-state index in [2.05, 4.69) is 9.98 Å². The minimum absolute atomic E-state index is 0.565. The highest BCUT2D eigenvalue weighted by atomic mass is 17.3. The maximum Gasteiger partial charge on any atom is 0.399 e. The van der Waals surface area contributed by atoms with Crippen LogP contribution in [-0.4, -0.2) is 35.0 Å². The largest absolute Gasteiger partial charge is 0.452 e. The van der Waals surface area contributed by atoms with Crippen molar-refractivity contribution >= 4 is 23.8 Å². The Morgan fingerprint density at radius 2 is 1.00 bits per heavy atom. The molecule has 150 valence electrons. The van der Waals surface area contributed by atoms with E-state index in [1.54, 1.807) is 38.7 Å². The molecule has 10 heteroatoms. The molecule has 0 saturated carbocycles. The second kappa shape index (κ2) is 10.7. The van der Waals surface area contributed by atoms with Gasteiger partial charge in [0.1, 0.15) is 11.2 Å². The molecule has 0 heterocycles. The lowest BCUT2D eigenvalue weighted by Gasteiger charge is -2.24. The van der Waals surface area contributed by atoms with Crippen LogP contribution in [0.3, 0.4) is 0 Å². The van der Waals surface area contributed by atoms with Crippen molar-refractivity contribution in [2.75, 3.05) is 0 Å². The average molecular weight is 376 g/mol. The molecular formula is C16H28N2O8. The molecule has 0 saturated heterocycles. The van der Waals surface area contributed by atoms with E-state index in [0.29, 0.717) is 12.8 Å². The molecule has 0 aliphatic carbocycles. The Balaban J connectivity index is 4.18. The smallest absolute Gasteiger partial charge is 0.399 e. The minimum atomic E-state index is -1.24. The highest BCUT2D eigenvalue weighted by Gasteiger charge is 2.28. The van der Waals surface area contributed by atoms with E-state index in [0.717, 1.165) is 12.8 Å². The first-order valence-electron chi connectivity index (χ1n) is 8.33. The Morgan fingerprint density at radius 1 is 0.692 bits per heavy atom. The van der Waals surface area contributed by atoms with Gasteiger partial charge in [-0.15, -0.1) is 0 Å². The summed E-state index contributed by atoms with van der Waals surface area (Å²) in [6, 6.07) is 0. The van der Waals surface area contributed by atoms with Gasteiger partial charge < -0.3 is 9.47 Å². The molecule has 0 fully saturated rings. The number of ether oxygens (including phenoxy) is 2. The van der Waals surface area contributed by atoms with Gasteiger partial charge in [0, 0.05) is 0 Å². The quantitative estimate of drug-likeness (QED) is 0.202. The molecule has 0 aliphatic rings. The first-order chi connectivity index (χ1) is 11.9. The summed E-state index contributed by atoms with van der Waals surface area (Å²) in [5, 5.41) is 0. The van der Waals surface area contributed by atoms with Crippen molar-refractivity contribution in [2.24, 2.45) is 0 Å². The van der Waals surface area contributed by atoms with Gasteiger partial charge in [-0.1, -0.05) is 36.7 Å². The maximum absolute atomic E-state index is 11.6. The van der Waals surface area contributed by atoms with E-state index in [4.69, 9.17) is 9.47 Å². The monoisotopic (exact) mass is 376 g/mol. The number of nitrogens with one attached hydrogen (secondary N) is 2. The molecule has 0 aromatic rings. The molecule has 0 aliphatic heterocycles. The van der Waals surface area contributed by atoms with Gasteiger partial charge in [0.05, 0.1) is 0 Å². The van der Waals surface area contributed by atoms with Crippen molar-refractivity contribution in [1.29, 1.82) is 0 Å². The summed E-state index contributed by atoms with van der Waals surface area (Å²) in [6.07, 6.45) is 2.66. The van der Waals surface area contributed by atoms with E-state index in [-0.39, 0.29) is 0 Å². The number of hydrogen-bond donors (Lipinski definition) is 2.